The third kappa shape index (κ3) is 4.44. The minimum atomic E-state index is -0.576. The van der Waals surface area contributed by atoms with Crippen LogP contribution in [0.3, 0.4) is 0 Å². The van der Waals surface area contributed by atoms with E-state index in [1.54, 1.807) is 12.1 Å². The Morgan fingerprint density at radius 3 is 2.80 bits per heavy atom. The summed E-state index contributed by atoms with van der Waals surface area (Å²) in [4.78, 5) is 2.20. The van der Waals surface area contributed by atoms with Crippen molar-refractivity contribution < 1.29 is 19.0 Å². The van der Waals surface area contributed by atoms with Gasteiger partial charge in [-0.1, -0.05) is 0 Å². The number of β-amino-alcohol motifs (C(OH)–C–C–N with tert-alkyl or cyclic N) is 1. The molecular weight excluding hydrogens is 261 g/mol. The van der Waals surface area contributed by atoms with E-state index in [2.05, 4.69) is 11.8 Å². The van der Waals surface area contributed by atoms with E-state index in [-0.39, 0.29) is 18.5 Å². The molecule has 1 aromatic rings. The normalized spacial score (nSPS) is 25.4. The average Bonchev–Trinajstić information content (AvgIpc) is 2.42. The molecule has 20 heavy (non-hydrogen) atoms. The molecule has 0 spiro atoms. The van der Waals surface area contributed by atoms with Crippen LogP contribution in [0, 0.1) is 5.82 Å². The Labute approximate surface area is 119 Å². The van der Waals surface area contributed by atoms with Gasteiger partial charge in [-0.15, -0.1) is 0 Å². The fourth-order valence-electron chi connectivity index (χ4n) is 2.27. The minimum Gasteiger partial charge on any atom is -0.491 e. The van der Waals surface area contributed by atoms with Gasteiger partial charge in [0.25, 0.3) is 0 Å². The summed E-state index contributed by atoms with van der Waals surface area (Å²) in [5, 5.41) is 10.0. The number of halogens is 1. The number of benzene rings is 1. The average molecular weight is 283 g/mol. The van der Waals surface area contributed by atoms with Gasteiger partial charge >= 0.3 is 0 Å². The maximum atomic E-state index is 12.8. The van der Waals surface area contributed by atoms with Crippen LogP contribution in [0.1, 0.15) is 13.8 Å². The largest absolute Gasteiger partial charge is 0.491 e. The van der Waals surface area contributed by atoms with Gasteiger partial charge in [-0.2, -0.15) is 0 Å². The summed E-state index contributed by atoms with van der Waals surface area (Å²) in [6.45, 7) is 6.36. The molecule has 0 amide bonds. The zero-order valence-corrected chi connectivity index (χ0v) is 12.0. The number of morpholine rings is 1. The van der Waals surface area contributed by atoms with Crippen LogP contribution in [0.5, 0.6) is 5.75 Å². The molecule has 0 aromatic heterocycles. The van der Waals surface area contributed by atoms with Crippen molar-refractivity contribution in [2.24, 2.45) is 0 Å². The van der Waals surface area contributed by atoms with Crippen LogP contribution in [0.15, 0.2) is 24.3 Å². The van der Waals surface area contributed by atoms with Gasteiger partial charge in [0.15, 0.2) is 0 Å². The molecule has 1 aliphatic rings. The van der Waals surface area contributed by atoms with Gasteiger partial charge in [0.1, 0.15) is 24.3 Å². The van der Waals surface area contributed by atoms with Gasteiger partial charge in [-0.3, -0.25) is 4.90 Å². The maximum Gasteiger partial charge on any atom is 0.123 e. The fraction of sp³-hybridized carbons (Fsp3) is 0.600. The van der Waals surface area contributed by atoms with Gasteiger partial charge in [-0.05, 0) is 38.1 Å². The Morgan fingerprint density at radius 1 is 1.40 bits per heavy atom. The molecule has 1 fully saturated rings. The third-order valence-corrected chi connectivity index (χ3v) is 3.44. The van der Waals surface area contributed by atoms with Crippen molar-refractivity contribution in [3.8, 4) is 5.75 Å². The smallest absolute Gasteiger partial charge is 0.123 e. The molecule has 1 heterocycles. The predicted octanol–water partition coefficient (Wildman–Crippen LogP) is 1.67. The lowest BCUT2D eigenvalue weighted by atomic mass is 10.2. The van der Waals surface area contributed by atoms with Crippen molar-refractivity contribution in [1.82, 2.24) is 4.90 Å². The monoisotopic (exact) mass is 283 g/mol. The summed E-state index contributed by atoms with van der Waals surface area (Å²) in [6, 6.07) is 6.09. The van der Waals surface area contributed by atoms with Gasteiger partial charge in [0.05, 0.1) is 12.7 Å². The van der Waals surface area contributed by atoms with Gasteiger partial charge in [0, 0.05) is 19.1 Å². The third-order valence-electron chi connectivity index (χ3n) is 3.44. The Bertz CT molecular complexity index is 412. The van der Waals surface area contributed by atoms with Crippen LogP contribution in [0.4, 0.5) is 4.39 Å². The van der Waals surface area contributed by atoms with Crippen LogP contribution < -0.4 is 4.74 Å². The summed E-state index contributed by atoms with van der Waals surface area (Å²) < 4.78 is 23.8. The quantitative estimate of drug-likeness (QED) is 0.892. The molecule has 0 radical (unpaired) electrons. The highest BCUT2D eigenvalue weighted by molar-refractivity contribution is 5.22. The van der Waals surface area contributed by atoms with Crippen molar-refractivity contribution in [2.45, 2.75) is 32.1 Å². The Morgan fingerprint density at radius 2 is 2.10 bits per heavy atom. The number of rotatable bonds is 5. The molecule has 0 aliphatic carbocycles. The van der Waals surface area contributed by atoms with Crippen LogP contribution in [-0.2, 0) is 4.74 Å². The van der Waals surface area contributed by atoms with Crippen molar-refractivity contribution in [1.29, 1.82) is 0 Å². The van der Waals surface area contributed by atoms with Crippen molar-refractivity contribution in [3.63, 3.8) is 0 Å². The van der Waals surface area contributed by atoms with E-state index in [1.807, 2.05) is 6.92 Å². The second-order valence-electron chi connectivity index (χ2n) is 5.37. The zero-order chi connectivity index (χ0) is 14.5. The first-order chi connectivity index (χ1) is 9.54. The summed E-state index contributed by atoms with van der Waals surface area (Å²) in [5.41, 5.74) is 0. The van der Waals surface area contributed by atoms with E-state index in [0.717, 1.165) is 6.54 Å². The van der Waals surface area contributed by atoms with E-state index in [4.69, 9.17) is 9.47 Å². The van der Waals surface area contributed by atoms with E-state index in [0.29, 0.717) is 24.9 Å². The predicted molar refractivity (Wildman–Crippen MR) is 74.4 cm³/mol. The van der Waals surface area contributed by atoms with E-state index < -0.39 is 6.10 Å². The lowest BCUT2D eigenvalue weighted by Crippen LogP contribution is -2.50. The highest BCUT2D eigenvalue weighted by Crippen LogP contribution is 2.14. The van der Waals surface area contributed by atoms with Crippen LogP contribution in [0.2, 0.25) is 0 Å². The first-order valence-electron chi connectivity index (χ1n) is 6.96. The molecule has 4 nitrogen and oxygen atoms in total. The van der Waals surface area contributed by atoms with Crippen LogP contribution in [-0.4, -0.2) is 54.6 Å². The lowest BCUT2D eigenvalue weighted by molar-refractivity contribution is -0.0650. The van der Waals surface area contributed by atoms with E-state index in [9.17, 15) is 9.50 Å². The van der Waals surface area contributed by atoms with Crippen LogP contribution in [0.25, 0.3) is 0 Å². The number of nitrogens with zero attached hydrogens (tertiary/aromatic N) is 1. The molecule has 1 N–H and O–H groups in total. The molecule has 1 saturated heterocycles. The standard InChI is InChI=1S/C15H22FNO3/c1-11-9-19-12(2)7-17(11)8-14(18)10-20-15-5-3-13(16)4-6-15/h3-6,11-12,14,18H,7-10H2,1-2H3/t11-,12+,14+/m0/s1. The molecule has 112 valence electrons. The van der Waals surface area contributed by atoms with Gasteiger partial charge in [-0.25, -0.2) is 4.39 Å². The molecule has 1 aliphatic heterocycles. The zero-order valence-electron chi connectivity index (χ0n) is 12.0. The molecule has 2 rings (SSSR count). The molecule has 3 atom stereocenters. The number of aliphatic hydroxyl groups excluding tert-OH is 1. The summed E-state index contributed by atoms with van der Waals surface area (Å²) in [6.07, 6.45) is -0.385. The topological polar surface area (TPSA) is 41.9 Å². The van der Waals surface area contributed by atoms with E-state index in [1.165, 1.54) is 12.1 Å². The summed E-state index contributed by atoms with van der Waals surface area (Å²) in [7, 11) is 0. The number of aliphatic hydroxyl groups is 1. The molecule has 0 unspecified atom stereocenters. The molecule has 0 bridgehead atoms. The molecular formula is C15H22FNO3. The van der Waals surface area contributed by atoms with Gasteiger partial charge in [0.2, 0.25) is 0 Å². The second kappa shape index (κ2) is 7.02. The molecule has 1 aromatic carbocycles. The second-order valence-corrected chi connectivity index (χ2v) is 5.37. The van der Waals surface area contributed by atoms with E-state index >= 15 is 0 Å². The SMILES string of the molecule is C[C@@H]1CN(C[C@@H](O)COc2ccc(F)cc2)[C@@H](C)CO1. The summed E-state index contributed by atoms with van der Waals surface area (Å²) >= 11 is 0. The Balaban J connectivity index is 1.77. The maximum absolute atomic E-state index is 12.8. The molecule has 5 heteroatoms. The van der Waals surface area contributed by atoms with Gasteiger partial charge < -0.3 is 14.6 Å². The fourth-order valence-corrected chi connectivity index (χ4v) is 2.27. The first kappa shape index (κ1) is 15.2. The summed E-state index contributed by atoms with van der Waals surface area (Å²) in [5.74, 6) is 0.267. The number of hydrogen-bond donors (Lipinski definition) is 1. The highest BCUT2D eigenvalue weighted by Gasteiger charge is 2.25. The molecule has 0 saturated carbocycles. The Kier molecular flexibility index (Phi) is 5.34. The van der Waals surface area contributed by atoms with Crippen molar-refractivity contribution in [2.75, 3.05) is 26.3 Å². The number of ether oxygens (including phenoxy) is 2. The lowest BCUT2D eigenvalue weighted by Gasteiger charge is -2.37. The Hall–Kier alpha value is -1.17. The number of hydrogen-bond acceptors (Lipinski definition) is 4. The van der Waals surface area contributed by atoms with Crippen LogP contribution >= 0.6 is 0 Å². The van der Waals surface area contributed by atoms with Crippen molar-refractivity contribution >= 4 is 0 Å². The first-order valence-corrected chi connectivity index (χ1v) is 6.96. The minimum absolute atomic E-state index is 0.191. The highest BCUT2D eigenvalue weighted by atomic mass is 19.1. The van der Waals surface area contributed by atoms with Crippen molar-refractivity contribution in [3.05, 3.63) is 30.1 Å².